The highest BCUT2D eigenvalue weighted by Gasteiger charge is 1.94. The van der Waals surface area contributed by atoms with E-state index in [0.29, 0.717) is 0 Å². The summed E-state index contributed by atoms with van der Waals surface area (Å²) in [5.41, 5.74) is 4.69. The molecule has 4 heteroatoms. The average Bonchev–Trinajstić information content (AvgIpc) is 2.28. The Balaban J connectivity index is 0. The molecule has 4 nitrogen and oxygen atoms in total. The Hall–Kier alpha value is -0.870. The SMILES string of the molecule is C=C(CO)C(N)=O.CCCCOCCCC. The summed E-state index contributed by atoms with van der Waals surface area (Å²) in [5.74, 6) is -0.650. The third kappa shape index (κ3) is 15.6. The second kappa shape index (κ2) is 14.1. The minimum absolute atomic E-state index is 0.0417. The van der Waals surface area contributed by atoms with Gasteiger partial charge in [-0.2, -0.15) is 0 Å². The summed E-state index contributed by atoms with van der Waals surface area (Å²) >= 11 is 0. The number of aliphatic hydroxyl groups is 1. The first-order valence-electron chi connectivity index (χ1n) is 5.76. The van der Waals surface area contributed by atoms with E-state index in [0.717, 1.165) is 13.2 Å². The molecule has 0 saturated carbocycles. The monoisotopic (exact) mass is 231 g/mol. The lowest BCUT2D eigenvalue weighted by molar-refractivity contribution is -0.114. The molecule has 0 spiro atoms. The third-order valence-electron chi connectivity index (χ3n) is 1.82. The number of hydrogen-bond donors (Lipinski definition) is 2. The zero-order chi connectivity index (χ0) is 12.8. The number of ether oxygens (including phenoxy) is 1. The van der Waals surface area contributed by atoms with Crippen molar-refractivity contribution in [2.24, 2.45) is 5.73 Å². The van der Waals surface area contributed by atoms with Crippen molar-refractivity contribution in [1.82, 2.24) is 0 Å². The molecule has 1 amide bonds. The van der Waals surface area contributed by atoms with E-state index in [-0.39, 0.29) is 12.2 Å². The van der Waals surface area contributed by atoms with E-state index in [9.17, 15) is 4.79 Å². The second-order valence-corrected chi connectivity index (χ2v) is 3.45. The molecule has 0 aromatic rings. The number of nitrogens with two attached hydrogens (primary N) is 1. The maximum atomic E-state index is 9.89. The van der Waals surface area contributed by atoms with Gasteiger partial charge in [-0.1, -0.05) is 33.3 Å². The minimum atomic E-state index is -0.650. The van der Waals surface area contributed by atoms with Crippen LogP contribution < -0.4 is 5.73 Å². The predicted molar refractivity (Wildman–Crippen MR) is 66.1 cm³/mol. The van der Waals surface area contributed by atoms with Crippen LogP contribution in [0.25, 0.3) is 0 Å². The van der Waals surface area contributed by atoms with Gasteiger partial charge < -0.3 is 15.6 Å². The molecule has 0 unspecified atom stereocenters. The second-order valence-electron chi connectivity index (χ2n) is 3.45. The first kappa shape index (κ1) is 17.5. The van der Waals surface area contributed by atoms with Crippen molar-refractivity contribution in [3.63, 3.8) is 0 Å². The molecule has 0 bridgehead atoms. The number of hydrogen-bond acceptors (Lipinski definition) is 3. The number of unbranched alkanes of at least 4 members (excludes halogenated alkanes) is 2. The lowest BCUT2D eigenvalue weighted by Crippen LogP contribution is -2.14. The first-order chi connectivity index (χ1) is 7.59. The summed E-state index contributed by atoms with van der Waals surface area (Å²) in [6, 6.07) is 0. The highest BCUT2D eigenvalue weighted by molar-refractivity contribution is 5.91. The molecule has 96 valence electrons. The number of carbonyl (C=O) groups is 1. The van der Waals surface area contributed by atoms with E-state index in [4.69, 9.17) is 9.84 Å². The molecule has 0 aliphatic carbocycles. The zero-order valence-electron chi connectivity index (χ0n) is 10.5. The van der Waals surface area contributed by atoms with Crippen molar-refractivity contribution in [2.45, 2.75) is 39.5 Å². The van der Waals surface area contributed by atoms with Gasteiger partial charge in [0.1, 0.15) is 0 Å². The van der Waals surface area contributed by atoms with Gasteiger partial charge >= 0.3 is 0 Å². The van der Waals surface area contributed by atoms with Crippen molar-refractivity contribution in [3.8, 4) is 0 Å². The first-order valence-corrected chi connectivity index (χ1v) is 5.76. The van der Waals surface area contributed by atoms with Crippen molar-refractivity contribution in [1.29, 1.82) is 0 Å². The van der Waals surface area contributed by atoms with Crippen LogP contribution in [-0.2, 0) is 9.53 Å². The lowest BCUT2D eigenvalue weighted by Gasteiger charge is -1.99. The van der Waals surface area contributed by atoms with Crippen LogP contribution in [0.1, 0.15) is 39.5 Å². The lowest BCUT2D eigenvalue weighted by atomic mass is 10.3. The van der Waals surface area contributed by atoms with Crippen LogP contribution >= 0.6 is 0 Å². The largest absolute Gasteiger partial charge is 0.391 e. The molecule has 0 aliphatic rings. The minimum Gasteiger partial charge on any atom is -0.391 e. The Morgan fingerprint density at radius 3 is 1.88 bits per heavy atom. The average molecular weight is 231 g/mol. The van der Waals surface area contributed by atoms with Crippen molar-refractivity contribution >= 4 is 5.91 Å². The molecule has 0 aromatic carbocycles. The van der Waals surface area contributed by atoms with Crippen LogP contribution in [0.3, 0.4) is 0 Å². The van der Waals surface area contributed by atoms with Gasteiger partial charge in [0.25, 0.3) is 0 Å². The molecule has 0 aliphatic heterocycles. The van der Waals surface area contributed by atoms with Crippen molar-refractivity contribution in [3.05, 3.63) is 12.2 Å². The standard InChI is InChI=1S/C8H18O.C4H7NO2/c1-3-5-7-9-8-6-4-2;1-3(2-6)4(5)7/h3-8H2,1-2H3;6H,1-2H2,(H2,5,7). The highest BCUT2D eigenvalue weighted by atomic mass is 16.5. The number of primary amides is 1. The predicted octanol–water partition coefficient (Wildman–Crippen LogP) is 1.62. The maximum absolute atomic E-state index is 9.89. The summed E-state index contributed by atoms with van der Waals surface area (Å²) in [6.45, 7) is 9.07. The summed E-state index contributed by atoms with van der Waals surface area (Å²) in [7, 11) is 0. The molecular formula is C12H25NO3. The van der Waals surface area contributed by atoms with Crippen molar-refractivity contribution < 1.29 is 14.6 Å². The molecule has 16 heavy (non-hydrogen) atoms. The number of aliphatic hydroxyl groups excluding tert-OH is 1. The quantitative estimate of drug-likeness (QED) is 0.492. The summed E-state index contributed by atoms with van der Waals surface area (Å²) in [6.07, 6.45) is 4.91. The van der Waals surface area contributed by atoms with Gasteiger partial charge in [-0.25, -0.2) is 0 Å². The van der Waals surface area contributed by atoms with E-state index in [1.807, 2.05) is 0 Å². The molecule has 3 N–H and O–H groups in total. The highest BCUT2D eigenvalue weighted by Crippen LogP contribution is 1.91. The van der Waals surface area contributed by atoms with E-state index in [1.54, 1.807) is 0 Å². The van der Waals surface area contributed by atoms with Gasteiger partial charge in [0.15, 0.2) is 0 Å². The van der Waals surface area contributed by atoms with E-state index in [2.05, 4.69) is 26.2 Å². The van der Waals surface area contributed by atoms with Crippen LogP contribution in [0.2, 0.25) is 0 Å². The van der Waals surface area contributed by atoms with Gasteiger partial charge in [0, 0.05) is 18.8 Å². The van der Waals surface area contributed by atoms with Crippen molar-refractivity contribution in [2.75, 3.05) is 19.8 Å². The Labute approximate surface area is 98.5 Å². The fraction of sp³-hybridized carbons (Fsp3) is 0.750. The van der Waals surface area contributed by atoms with Crippen LogP contribution in [0.4, 0.5) is 0 Å². The fourth-order valence-electron chi connectivity index (χ4n) is 0.673. The normalized spacial score (nSPS) is 9.19. The maximum Gasteiger partial charge on any atom is 0.246 e. The molecule has 0 aromatic heterocycles. The van der Waals surface area contributed by atoms with Gasteiger partial charge in [-0.15, -0.1) is 0 Å². The van der Waals surface area contributed by atoms with Gasteiger partial charge in [-0.3, -0.25) is 4.79 Å². The summed E-state index contributed by atoms with van der Waals surface area (Å²) < 4.78 is 5.31. The molecule has 0 radical (unpaired) electrons. The van der Waals surface area contributed by atoms with E-state index in [1.165, 1.54) is 25.7 Å². The molecule has 0 atom stereocenters. The van der Waals surface area contributed by atoms with Crippen LogP contribution in [-0.4, -0.2) is 30.8 Å². The number of amides is 1. The number of carbonyl (C=O) groups excluding carboxylic acids is 1. The summed E-state index contributed by atoms with van der Waals surface area (Å²) in [4.78, 5) is 9.89. The van der Waals surface area contributed by atoms with Gasteiger partial charge in [0.2, 0.25) is 5.91 Å². The molecular weight excluding hydrogens is 206 g/mol. The molecule has 0 rings (SSSR count). The van der Waals surface area contributed by atoms with Gasteiger partial charge in [-0.05, 0) is 12.8 Å². The third-order valence-corrected chi connectivity index (χ3v) is 1.82. The topological polar surface area (TPSA) is 72.5 Å². The van der Waals surface area contributed by atoms with Crippen LogP contribution in [0, 0.1) is 0 Å². The smallest absolute Gasteiger partial charge is 0.246 e. The number of rotatable bonds is 8. The van der Waals surface area contributed by atoms with E-state index < -0.39 is 5.91 Å². The van der Waals surface area contributed by atoms with E-state index >= 15 is 0 Å². The molecule has 0 heterocycles. The zero-order valence-corrected chi connectivity index (χ0v) is 10.5. The molecule has 0 fully saturated rings. The van der Waals surface area contributed by atoms with Gasteiger partial charge in [0.05, 0.1) is 6.61 Å². The summed E-state index contributed by atoms with van der Waals surface area (Å²) in [5, 5.41) is 8.10. The molecule has 0 saturated heterocycles. The Bertz CT molecular complexity index is 175. The Morgan fingerprint density at radius 1 is 1.25 bits per heavy atom. The Kier molecular flexibility index (Phi) is 15.5. The Morgan fingerprint density at radius 2 is 1.69 bits per heavy atom. The fourth-order valence-corrected chi connectivity index (χ4v) is 0.673. The van der Waals surface area contributed by atoms with Crippen LogP contribution in [0.5, 0.6) is 0 Å². The van der Waals surface area contributed by atoms with Crippen LogP contribution in [0.15, 0.2) is 12.2 Å².